The summed E-state index contributed by atoms with van der Waals surface area (Å²) in [5, 5.41) is 5.80. The van der Waals surface area contributed by atoms with Crippen LogP contribution < -0.4 is 16.4 Å². The van der Waals surface area contributed by atoms with Crippen molar-refractivity contribution >= 4 is 11.8 Å². The fourth-order valence-corrected chi connectivity index (χ4v) is 1.33. The van der Waals surface area contributed by atoms with E-state index in [1.165, 1.54) is 18.3 Å². The normalized spacial score (nSPS) is 10.2. The lowest BCUT2D eigenvalue weighted by atomic mass is 10.2. The molecule has 0 fully saturated rings. The number of ether oxygens (including phenoxy) is 1. The second kappa shape index (κ2) is 8.17. The zero-order valence-corrected chi connectivity index (χ0v) is 10.8. The molecule has 4 N–H and O–H groups in total. The van der Waals surface area contributed by atoms with Gasteiger partial charge in [-0.3, -0.25) is 14.6 Å². The summed E-state index contributed by atoms with van der Waals surface area (Å²) in [6.07, 6.45) is 1.29. The molecule has 0 saturated heterocycles. The van der Waals surface area contributed by atoms with Crippen LogP contribution in [0.4, 0.5) is 0 Å². The molecule has 104 valence electrons. The fraction of sp³-hybridized carbons (Fsp3) is 0.417. The van der Waals surface area contributed by atoms with Crippen LogP contribution in [0.3, 0.4) is 0 Å². The number of nitrogens with one attached hydrogen (secondary N) is 2. The smallest absolute Gasteiger partial charge is 0.269 e. The summed E-state index contributed by atoms with van der Waals surface area (Å²) in [5.41, 5.74) is 5.61. The number of nitrogens with two attached hydrogens (primary N) is 1. The maximum absolute atomic E-state index is 11.7. The van der Waals surface area contributed by atoms with Gasteiger partial charge >= 0.3 is 0 Å². The topological polar surface area (TPSA) is 106 Å². The van der Waals surface area contributed by atoms with Gasteiger partial charge in [-0.25, -0.2) is 0 Å². The highest BCUT2D eigenvalue weighted by Gasteiger charge is 2.07. The van der Waals surface area contributed by atoms with Gasteiger partial charge in [-0.2, -0.15) is 0 Å². The number of carbonyl (C=O) groups is 2. The predicted octanol–water partition coefficient (Wildman–Crippen LogP) is -0.854. The number of hydrogen-bond acceptors (Lipinski definition) is 5. The minimum atomic E-state index is -0.568. The van der Waals surface area contributed by atoms with Crippen LogP contribution >= 0.6 is 0 Å². The van der Waals surface area contributed by atoms with Gasteiger partial charge in [-0.05, 0) is 12.1 Å². The highest BCUT2D eigenvalue weighted by Crippen LogP contribution is 1.99. The zero-order valence-electron chi connectivity index (χ0n) is 10.8. The van der Waals surface area contributed by atoms with E-state index in [2.05, 4.69) is 15.6 Å². The molecule has 0 spiro atoms. The second-order valence-electron chi connectivity index (χ2n) is 3.80. The molecule has 0 bridgehead atoms. The first-order valence-corrected chi connectivity index (χ1v) is 5.89. The molecule has 0 saturated carbocycles. The Hall–Kier alpha value is -1.99. The summed E-state index contributed by atoms with van der Waals surface area (Å²) in [4.78, 5) is 26.4. The number of pyridine rings is 1. The molecule has 1 heterocycles. The van der Waals surface area contributed by atoms with E-state index in [-0.39, 0.29) is 17.2 Å². The summed E-state index contributed by atoms with van der Waals surface area (Å²) in [7, 11) is 1.63. The standard InChI is InChI=1S/C12H18N4O3/c1-19-7-6-14-4-5-15-12(18)10-3-2-9(8-16-10)11(13)17/h2-3,8,14H,4-7H2,1H3,(H2,13,17)(H,15,18). The van der Waals surface area contributed by atoms with Crippen LogP contribution in [0.2, 0.25) is 0 Å². The Labute approximate surface area is 111 Å². The number of rotatable bonds is 8. The number of carbonyl (C=O) groups excluding carboxylic acids is 2. The van der Waals surface area contributed by atoms with Crippen molar-refractivity contribution in [3.05, 3.63) is 29.6 Å². The minimum absolute atomic E-state index is 0.252. The molecule has 0 unspecified atom stereocenters. The molecular weight excluding hydrogens is 248 g/mol. The molecule has 0 atom stereocenters. The zero-order chi connectivity index (χ0) is 14.1. The van der Waals surface area contributed by atoms with Crippen molar-refractivity contribution in [1.82, 2.24) is 15.6 Å². The summed E-state index contributed by atoms with van der Waals surface area (Å²) in [6, 6.07) is 2.94. The predicted molar refractivity (Wildman–Crippen MR) is 69.8 cm³/mol. The van der Waals surface area contributed by atoms with Gasteiger partial charge in [0.2, 0.25) is 5.91 Å². The van der Waals surface area contributed by atoms with Crippen molar-refractivity contribution in [1.29, 1.82) is 0 Å². The summed E-state index contributed by atoms with van der Waals surface area (Å²) < 4.78 is 4.87. The van der Waals surface area contributed by atoms with Gasteiger partial charge in [0.15, 0.2) is 0 Å². The highest BCUT2D eigenvalue weighted by atomic mass is 16.5. The highest BCUT2D eigenvalue weighted by molar-refractivity contribution is 5.95. The lowest BCUT2D eigenvalue weighted by Gasteiger charge is -2.06. The number of hydrogen-bond donors (Lipinski definition) is 3. The molecule has 7 nitrogen and oxygen atoms in total. The third-order valence-corrected chi connectivity index (χ3v) is 2.35. The summed E-state index contributed by atoms with van der Waals surface area (Å²) in [6.45, 7) is 2.50. The van der Waals surface area contributed by atoms with Crippen LogP contribution in [0.5, 0.6) is 0 Å². The Morgan fingerprint density at radius 2 is 2.11 bits per heavy atom. The summed E-state index contributed by atoms with van der Waals surface area (Å²) >= 11 is 0. The molecule has 0 aliphatic rings. The molecule has 1 aromatic rings. The molecule has 1 rings (SSSR count). The lowest BCUT2D eigenvalue weighted by molar-refractivity contribution is 0.0945. The first-order chi connectivity index (χ1) is 9.15. The first-order valence-electron chi connectivity index (χ1n) is 5.89. The Bertz CT molecular complexity index is 419. The van der Waals surface area contributed by atoms with Crippen molar-refractivity contribution in [2.24, 2.45) is 5.73 Å². The number of methoxy groups -OCH3 is 1. The maximum atomic E-state index is 11.7. The van der Waals surface area contributed by atoms with Crippen molar-refractivity contribution in [2.75, 3.05) is 33.4 Å². The van der Waals surface area contributed by atoms with Crippen LogP contribution in [0, 0.1) is 0 Å². The molecule has 0 aromatic carbocycles. The number of nitrogens with zero attached hydrogens (tertiary/aromatic N) is 1. The molecule has 0 radical (unpaired) electrons. The summed E-state index contributed by atoms with van der Waals surface area (Å²) in [5.74, 6) is -0.855. The van der Waals surface area contributed by atoms with Crippen molar-refractivity contribution in [3.8, 4) is 0 Å². The number of amides is 2. The Balaban J connectivity index is 2.31. The average Bonchev–Trinajstić information content (AvgIpc) is 2.42. The number of aromatic nitrogens is 1. The third-order valence-electron chi connectivity index (χ3n) is 2.35. The van der Waals surface area contributed by atoms with Crippen molar-refractivity contribution in [3.63, 3.8) is 0 Å². The quantitative estimate of drug-likeness (QED) is 0.531. The van der Waals surface area contributed by atoms with Crippen LogP contribution in [0.15, 0.2) is 18.3 Å². The van der Waals surface area contributed by atoms with Gasteiger partial charge < -0.3 is 21.1 Å². The Morgan fingerprint density at radius 1 is 1.32 bits per heavy atom. The van der Waals surface area contributed by atoms with E-state index in [1.807, 2.05) is 0 Å². The molecule has 0 aliphatic heterocycles. The van der Waals surface area contributed by atoms with Gasteiger partial charge in [0.05, 0.1) is 12.2 Å². The van der Waals surface area contributed by atoms with Crippen molar-refractivity contribution < 1.29 is 14.3 Å². The molecule has 2 amide bonds. The molecule has 1 aromatic heterocycles. The van der Waals surface area contributed by atoms with Gasteiger partial charge in [0.25, 0.3) is 5.91 Å². The Morgan fingerprint density at radius 3 is 2.68 bits per heavy atom. The third kappa shape index (κ3) is 5.45. The molecular formula is C12H18N4O3. The van der Waals surface area contributed by atoms with E-state index in [1.54, 1.807) is 7.11 Å². The Kier molecular flexibility index (Phi) is 6.48. The molecule has 7 heteroatoms. The molecule has 0 aliphatic carbocycles. The second-order valence-corrected chi connectivity index (χ2v) is 3.80. The van der Waals surface area contributed by atoms with E-state index in [0.717, 1.165) is 6.54 Å². The fourth-order valence-electron chi connectivity index (χ4n) is 1.33. The molecule has 19 heavy (non-hydrogen) atoms. The van der Waals surface area contributed by atoms with Gasteiger partial charge in [-0.15, -0.1) is 0 Å². The van der Waals surface area contributed by atoms with Crippen LogP contribution in [-0.2, 0) is 4.74 Å². The average molecular weight is 266 g/mol. The SMILES string of the molecule is COCCNCCNC(=O)c1ccc(C(N)=O)cn1. The first kappa shape index (κ1) is 15.1. The van der Waals surface area contributed by atoms with Crippen LogP contribution in [-0.4, -0.2) is 50.1 Å². The van der Waals surface area contributed by atoms with Crippen LogP contribution in [0.1, 0.15) is 20.8 Å². The van der Waals surface area contributed by atoms with E-state index >= 15 is 0 Å². The monoisotopic (exact) mass is 266 g/mol. The number of primary amides is 1. The van der Waals surface area contributed by atoms with E-state index < -0.39 is 5.91 Å². The minimum Gasteiger partial charge on any atom is -0.383 e. The van der Waals surface area contributed by atoms with Gasteiger partial charge in [0.1, 0.15) is 5.69 Å². The lowest BCUT2D eigenvalue weighted by Crippen LogP contribution is -2.33. The maximum Gasteiger partial charge on any atom is 0.269 e. The van der Waals surface area contributed by atoms with Gasteiger partial charge in [-0.1, -0.05) is 0 Å². The van der Waals surface area contributed by atoms with E-state index in [0.29, 0.717) is 19.7 Å². The largest absolute Gasteiger partial charge is 0.383 e. The van der Waals surface area contributed by atoms with E-state index in [9.17, 15) is 9.59 Å². The van der Waals surface area contributed by atoms with Crippen molar-refractivity contribution in [2.45, 2.75) is 0 Å². The van der Waals surface area contributed by atoms with E-state index in [4.69, 9.17) is 10.5 Å². The van der Waals surface area contributed by atoms with Crippen LogP contribution in [0.25, 0.3) is 0 Å². The van der Waals surface area contributed by atoms with Gasteiger partial charge in [0, 0.05) is 32.9 Å².